The fourth-order valence-electron chi connectivity index (χ4n) is 1.63. The maximum Gasteiger partial charge on any atom is 0.143 e. The van der Waals surface area contributed by atoms with Crippen LogP contribution in [-0.4, -0.2) is 0 Å². The number of rotatable bonds is 4. The quantitative estimate of drug-likeness (QED) is 0.744. The van der Waals surface area contributed by atoms with Gasteiger partial charge in [0.1, 0.15) is 6.10 Å². The first-order valence-corrected chi connectivity index (χ1v) is 6.04. The predicted octanol–water partition coefficient (Wildman–Crippen LogP) is 4.23. The van der Waals surface area contributed by atoms with Crippen molar-refractivity contribution in [2.75, 3.05) is 0 Å². The maximum absolute atomic E-state index is 5.82. The third-order valence-electron chi connectivity index (χ3n) is 2.58. The van der Waals surface area contributed by atoms with Gasteiger partial charge in [0.15, 0.2) is 0 Å². The van der Waals surface area contributed by atoms with Gasteiger partial charge in [-0.05, 0) is 23.3 Å². The lowest BCUT2D eigenvalue weighted by molar-refractivity contribution is 0.0782. The molecule has 0 aromatic heterocycles. The van der Waals surface area contributed by atoms with E-state index in [1.165, 1.54) is 0 Å². The molecule has 2 rings (SSSR count). The Kier molecular flexibility index (Phi) is 4.41. The first-order chi connectivity index (χ1) is 8.79. The van der Waals surface area contributed by atoms with Crippen LogP contribution in [0.4, 0.5) is 0 Å². The second-order valence-electron chi connectivity index (χ2n) is 3.89. The fourth-order valence-corrected chi connectivity index (χ4v) is 1.75. The van der Waals surface area contributed by atoms with Crippen molar-refractivity contribution < 1.29 is 4.74 Å². The van der Waals surface area contributed by atoms with E-state index in [-0.39, 0.29) is 6.10 Å². The zero-order chi connectivity index (χ0) is 12.8. The Bertz CT molecular complexity index is 525. The average Bonchev–Trinajstić information content (AvgIpc) is 2.43. The van der Waals surface area contributed by atoms with Crippen LogP contribution in [0.3, 0.4) is 0 Å². The molecule has 0 spiro atoms. The number of hydrogen-bond donors (Lipinski definition) is 0. The van der Waals surface area contributed by atoms with Crippen LogP contribution >= 0.6 is 11.6 Å². The molecule has 2 aromatic rings. The van der Waals surface area contributed by atoms with Crippen LogP contribution in [0.15, 0.2) is 54.6 Å². The number of terminal acetylenes is 1. The molecule has 0 saturated carbocycles. The molecule has 1 atom stereocenters. The molecule has 0 unspecified atom stereocenters. The number of ether oxygens (including phenoxy) is 1. The van der Waals surface area contributed by atoms with Crippen LogP contribution in [0.25, 0.3) is 0 Å². The number of hydrogen-bond acceptors (Lipinski definition) is 1. The SMILES string of the molecule is C#C[C@@H](OCc1ccc(Cl)cc1)c1ccccc1. The van der Waals surface area contributed by atoms with Gasteiger partial charge < -0.3 is 4.74 Å². The van der Waals surface area contributed by atoms with E-state index in [9.17, 15) is 0 Å². The zero-order valence-electron chi connectivity index (χ0n) is 9.84. The summed E-state index contributed by atoms with van der Waals surface area (Å²) in [4.78, 5) is 0. The molecule has 0 radical (unpaired) electrons. The molecule has 0 aliphatic rings. The van der Waals surface area contributed by atoms with Crippen LogP contribution in [0.5, 0.6) is 0 Å². The molecule has 0 amide bonds. The van der Waals surface area contributed by atoms with E-state index in [1.807, 2.05) is 54.6 Å². The normalized spacial score (nSPS) is 11.8. The maximum atomic E-state index is 5.82. The molecule has 0 aliphatic carbocycles. The van der Waals surface area contributed by atoms with E-state index in [2.05, 4.69) is 5.92 Å². The summed E-state index contributed by atoms with van der Waals surface area (Å²) in [5.74, 6) is 2.65. The summed E-state index contributed by atoms with van der Waals surface area (Å²) < 4.78 is 5.72. The van der Waals surface area contributed by atoms with Crippen molar-refractivity contribution in [3.63, 3.8) is 0 Å². The van der Waals surface area contributed by atoms with E-state index in [0.29, 0.717) is 6.61 Å². The van der Waals surface area contributed by atoms with Crippen molar-refractivity contribution in [2.24, 2.45) is 0 Å². The molecule has 0 heterocycles. The Morgan fingerprint density at radius 2 is 1.72 bits per heavy atom. The fraction of sp³-hybridized carbons (Fsp3) is 0.125. The topological polar surface area (TPSA) is 9.23 Å². The minimum Gasteiger partial charge on any atom is -0.356 e. The van der Waals surface area contributed by atoms with Crippen molar-refractivity contribution >= 4 is 11.6 Å². The van der Waals surface area contributed by atoms with Gasteiger partial charge in [-0.1, -0.05) is 60.0 Å². The van der Waals surface area contributed by atoms with Gasteiger partial charge in [0.2, 0.25) is 0 Å². The summed E-state index contributed by atoms with van der Waals surface area (Å²) in [6.07, 6.45) is 5.18. The first kappa shape index (κ1) is 12.7. The zero-order valence-corrected chi connectivity index (χ0v) is 10.6. The summed E-state index contributed by atoms with van der Waals surface area (Å²) in [6, 6.07) is 17.3. The van der Waals surface area contributed by atoms with Gasteiger partial charge >= 0.3 is 0 Å². The smallest absolute Gasteiger partial charge is 0.143 e. The van der Waals surface area contributed by atoms with Gasteiger partial charge in [0, 0.05) is 5.02 Å². The lowest BCUT2D eigenvalue weighted by atomic mass is 10.1. The van der Waals surface area contributed by atoms with Gasteiger partial charge in [-0.25, -0.2) is 0 Å². The van der Waals surface area contributed by atoms with Gasteiger partial charge in [-0.15, -0.1) is 6.42 Å². The van der Waals surface area contributed by atoms with Crippen LogP contribution in [0, 0.1) is 12.3 Å². The Hall–Kier alpha value is -1.75. The standard InChI is InChI=1S/C16H13ClO/c1-2-16(14-6-4-3-5-7-14)18-12-13-8-10-15(17)11-9-13/h1,3-11,16H,12H2/t16-/m1/s1. The van der Waals surface area contributed by atoms with E-state index < -0.39 is 0 Å². The summed E-state index contributed by atoms with van der Waals surface area (Å²) in [5, 5.41) is 0.718. The third-order valence-corrected chi connectivity index (χ3v) is 2.84. The van der Waals surface area contributed by atoms with Gasteiger partial charge in [-0.2, -0.15) is 0 Å². The monoisotopic (exact) mass is 256 g/mol. The predicted molar refractivity (Wildman–Crippen MR) is 74.3 cm³/mol. The minimum atomic E-state index is -0.318. The van der Waals surface area contributed by atoms with Crippen LogP contribution in [0.2, 0.25) is 5.02 Å². The second-order valence-corrected chi connectivity index (χ2v) is 4.33. The number of halogens is 1. The molecule has 2 aromatic carbocycles. The van der Waals surface area contributed by atoms with Crippen molar-refractivity contribution in [1.82, 2.24) is 0 Å². The third kappa shape index (κ3) is 3.37. The van der Waals surface area contributed by atoms with Crippen molar-refractivity contribution in [3.8, 4) is 12.3 Å². The molecule has 2 heteroatoms. The average molecular weight is 257 g/mol. The molecule has 0 saturated heterocycles. The Balaban J connectivity index is 2.00. The van der Waals surface area contributed by atoms with E-state index in [4.69, 9.17) is 22.8 Å². The largest absolute Gasteiger partial charge is 0.356 e. The van der Waals surface area contributed by atoms with Gasteiger partial charge in [0.25, 0.3) is 0 Å². The van der Waals surface area contributed by atoms with Crippen molar-refractivity contribution in [3.05, 3.63) is 70.7 Å². The highest BCUT2D eigenvalue weighted by atomic mass is 35.5. The second kappa shape index (κ2) is 6.26. The molecular formula is C16H13ClO. The molecule has 90 valence electrons. The molecular weight excluding hydrogens is 244 g/mol. The number of benzene rings is 2. The van der Waals surface area contributed by atoms with E-state index in [0.717, 1.165) is 16.1 Å². The highest BCUT2D eigenvalue weighted by Crippen LogP contribution is 2.18. The van der Waals surface area contributed by atoms with Gasteiger partial charge in [0.05, 0.1) is 6.61 Å². The van der Waals surface area contributed by atoms with Crippen LogP contribution in [-0.2, 0) is 11.3 Å². The molecule has 0 N–H and O–H groups in total. The summed E-state index contributed by atoms with van der Waals surface area (Å²) in [6.45, 7) is 0.473. The summed E-state index contributed by atoms with van der Waals surface area (Å²) >= 11 is 5.82. The lowest BCUT2D eigenvalue weighted by Gasteiger charge is -2.12. The van der Waals surface area contributed by atoms with E-state index in [1.54, 1.807) is 0 Å². The molecule has 1 nitrogen and oxygen atoms in total. The molecule has 18 heavy (non-hydrogen) atoms. The van der Waals surface area contributed by atoms with Crippen LogP contribution < -0.4 is 0 Å². The molecule has 0 aliphatic heterocycles. The first-order valence-electron chi connectivity index (χ1n) is 5.66. The highest BCUT2D eigenvalue weighted by Gasteiger charge is 2.07. The summed E-state index contributed by atoms with van der Waals surface area (Å²) in [5.41, 5.74) is 2.05. The Morgan fingerprint density at radius 3 is 2.33 bits per heavy atom. The summed E-state index contributed by atoms with van der Waals surface area (Å²) in [7, 11) is 0. The Morgan fingerprint density at radius 1 is 1.06 bits per heavy atom. The molecule has 0 fully saturated rings. The highest BCUT2D eigenvalue weighted by molar-refractivity contribution is 6.30. The van der Waals surface area contributed by atoms with Crippen molar-refractivity contribution in [2.45, 2.75) is 12.7 Å². The van der Waals surface area contributed by atoms with Crippen molar-refractivity contribution in [1.29, 1.82) is 0 Å². The van der Waals surface area contributed by atoms with Crippen LogP contribution in [0.1, 0.15) is 17.2 Å². The lowest BCUT2D eigenvalue weighted by Crippen LogP contribution is -2.02. The minimum absolute atomic E-state index is 0.318. The van der Waals surface area contributed by atoms with E-state index >= 15 is 0 Å². The molecule has 0 bridgehead atoms. The van der Waals surface area contributed by atoms with Gasteiger partial charge in [-0.3, -0.25) is 0 Å². The Labute approximate surface area is 112 Å².